The minimum Gasteiger partial charge on any atom is -0.352 e. The second-order valence-electron chi connectivity index (χ2n) is 4.50. The second-order valence-corrected chi connectivity index (χ2v) is 7.70. The van der Waals surface area contributed by atoms with E-state index < -0.39 is 0 Å². The smallest absolute Gasteiger partial charge is 0.253 e. The maximum Gasteiger partial charge on any atom is 0.253 e. The SMILES string of the molecule is O=C(NCCc1csc2ccccc12)c1cc(Cl)sc1Cl. The number of carbonyl (C=O) groups excluding carboxylic acids is 1. The van der Waals surface area contributed by atoms with Crippen LogP contribution in [-0.4, -0.2) is 12.5 Å². The molecule has 21 heavy (non-hydrogen) atoms. The lowest BCUT2D eigenvalue weighted by molar-refractivity contribution is 0.0955. The number of rotatable bonds is 4. The Morgan fingerprint density at radius 3 is 2.81 bits per heavy atom. The van der Waals surface area contributed by atoms with E-state index in [9.17, 15) is 4.79 Å². The molecule has 2 heterocycles. The molecular formula is C15H11Cl2NOS2. The molecule has 0 spiro atoms. The van der Waals surface area contributed by atoms with Crippen LogP contribution in [0.5, 0.6) is 0 Å². The number of hydrogen-bond acceptors (Lipinski definition) is 3. The highest BCUT2D eigenvalue weighted by Crippen LogP contribution is 2.31. The summed E-state index contributed by atoms with van der Waals surface area (Å²) < 4.78 is 2.22. The van der Waals surface area contributed by atoms with Crippen LogP contribution in [-0.2, 0) is 6.42 Å². The number of carbonyl (C=O) groups is 1. The molecule has 1 amide bonds. The lowest BCUT2D eigenvalue weighted by Gasteiger charge is -2.04. The van der Waals surface area contributed by atoms with E-state index in [1.54, 1.807) is 17.4 Å². The third kappa shape index (κ3) is 3.24. The molecule has 0 saturated heterocycles. The molecule has 0 bridgehead atoms. The van der Waals surface area contributed by atoms with E-state index in [4.69, 9.17) is 23.2 Å². The maximum absolute atomic E-state index is 12.0. The monoisotopic (exact) mass is 355 g/mol. The first-order chi connectivity index (χ1) is 10.1. The lowest BCUT2D eigenvalue weighted by Crippen LogP contribution is -2.25. The van der Waals surface area contributed by atoms with Crippen LogP contribution in [0.25, 0.3) is 10.1 Å². The van der Waals surface area contributed by atoms with E-state index in [1.807, 2.05) is 12.1 Å². The molecule has 0 aliphatic heterocycles. The van der Waals surface area contributed by atoms with Crippen LogP contribution in [0.3, 0.4) is 0 Å². The van der Waals surface area contributed by atoms with Gasteiger partial charge in [-0.3, -0.25) is 4.79 Å². The van der Waals surface area contributed by atoms with Gasteiger partial charge in [0.25, 0.3) is 5.91 Å². The van der Waals surface area contributed by atoms with Gasteiger partial charge in [-0.1, -0.05) is 41.4 Å². The van der Waals surface area contributed by atoms with Crippen molar-refractivity contribution in [2.75, 3.05) is 6.54 Å². The molecule has 0 aliphatic carbocycles. The first kappa shape index (κ1) is 14.9. The van der Waals surface area contributed by atoms with Gasteiger partial charge in [0.2, 0.25) is 0 Å². The van der Waals surface area contributed by atoms with Crippen LogP contribution in [0, 0.1) is 0 Å². The van der Waals surface area contributed by atoms with Gasteiger partial charge in [-0.2, -0.15) is 0 Å². The Balaban J connectivity index is 1.64. The van der Waals surface area contributed by atoms with Gasteiger partial charge >= 0.3 is 0 Å². The fourth-order valence-electron chi connectivity index (χ4n) is 2.13. The average molecular weight is 356 g/mol. The Morgan fingerprint density at radius 2 is 2.05 bits per heavy atom. The van der Waals surface area contributed by atoms with Crippen molar-refractivity contribution >= 4 is 61.9 Å². The molecule has 6 heteroatoms. The van der Waals surface area contributed by atoms with Crippen LogP contribution in [0.1, 0.15) is 15.9 Å². The topological polar surface area (TPSA) is 29.1 Å². The van der Waals surface area contributed by atoms with Crippen LogP contribution in [0.15, 0.2) is 35.7 Å². The van der Waals surface area contributed by atoms with Crippen molar-refractivity contribution in [2.24, 2.45) is 0 Å². The van der Waals surface area contributed by atoms with Crippen molar-refractivity contribution in [3.8, 4) is 0 Å². The largest absolute Gasteiger partial charge is 0.352 e. The first-order valence-corrected chi connectivity index (χ1v) is 8.78. The zero-order chi connectivity index (χ0) is 14.8. The summed E-state index contributed by atoms with van der Waals surface area (Å²) in [5, 5.41) is 6.29. The Labute approximate surface area is 140 Å². The summed E-state index contributed by atoms with van der Waals surface area (Å²) in [5.74, 6) is -0.178. The number of halogens is 2. The fourth-order valence-corrected chi connectivity index (χ4v) is 4.58. The van der Waals surface area contributed by atoms with Gasteiger partial charge in [0.1, 0.15) is 4.34 Å². The molecule has 108 valence electrons. The molecule has 0 radical (unpaired) electrons. The van der Waals surface area contributed by atoms with Crippen LogP contribution < -0.4 is 5.32 Å². The van der Waals surface area contributed by atoms with Crippen molar-refractivity contribution < 1.29 is 4.79 Å². The fraction of sp³-hybridized carbons (Fsp3) is 0.133. The van der Waals surface area contributed by atoms with Crippen molar-refractivity contribution in [1.29, 1.82) is 0 Å². The van der Waals surface area contributed by atoms with E-state index in [1.165, 1.54) is 27.0 Å². The zero-order valence-electron chi connectivity index (χ0n) is 10.9. The summed E-state index contributed by atoms with van der Waals surface area (Å²) in [4.78, 5) is 12.0. The maximum atomic E-state index is 12.0. The van der Waals surface area contributed by atoms with Gasteiger partial charge in [-0.25, -0.2) is 0 Å². The van der Waals surface area contributed by atoms with E-state index in [0.29, 0.717) is 20.8 Å². The van der Waals surface area contributed by atoms with E-state index >= 15 is 0 Å². The number of hydrogen-bond donors (Lipinski definition) is 1. The predicted molar refractivity (Wildman–Crippen MR) is 92.2 cm³/mol. The Bertz CT molecular complexity index is 794. The predicted octanol–water partition coefficient (Wildman–Crippen LogP) is 5.24. The summed E-state index contributed by atoms with van der Waals surface area (Å²) in [5.41, 5.74) is 1.70. The Hall–Kier alpha value is -1.07. The number of benzene rings is 1. The molecular weight excluding hydrogens is 345 g/mol. The van der Waals surface area contributed by atoms with Crippen molar-refractivity contribution in [3.63, 3.8) is 0 Å². The molecule has 0 saturated carbocycles. The molecule has 1 aromatic carbocycles. The van der Waals surface area contributed by atoms with E-state index in [2.05, 4.69) is 22.8 Å². The second kappa shape index (κ2) is 6.36. The summed E-state index contributed by atoms with van der Waals surface area (Å²) in [6.45, 7) is 0.573. The van der Waals surface area contributed by atoms with Gasteiger partial charge in [0.05, 0.1) is 9.90 Å². The molecule has 1 N–H and O–H groups in total. The van der Waals surface area contributed by atoms with Crippen LogP contribution in [0.4, 0.5) is 0 Å². The highest BCUT2D eigenvalue weighted by molar-refractivity contribution is 7.20. The van der Waals surface area contributed by atoms with E-state index in [-0.39, 0.29) is 5.91 Å². The lowest BCUT2D eigenvalue weighted by atomic mass is 10.1. The minimum absolute atomic E-state index is 0.178. The Morgan fingerprint density at radius 1 is 1.24 bits per heavy atom. The summed E-state index contributed by atoms with van der Waals surface area (Å²) >= 11 is 14.7. The molecule has 0 atom stereocenters. The Kier molecular flexibility index (Phi) is 4.50. The zero-order valence-corrected chi connectivity index (χ0v) is 14.0. The molecule has 0 unspecified atom stereocenters. The average Bonchev–Trinajstić information content (AvgIpc) is 3.02. The number of nitrogens with one attached hydrogen (secondary N) is 1. The highest BCUT2D eigenvalue weighted by atomic mass is 35.5. The van der Waals surface area contributed by atoms with Crippen molar-refractivity contribution in [1.82, 2.24) is 5.32 Å². The highest BCUT2D eigenvalue weighted by Gasteiger charge is 2.13. The van der Waals surface area contributed by atoms with Gasteiger partial charge < -0.3 is 5.32 Å². The van der Waals surface area contributed by atoms with Gasteiger partial charge in [-0.15, -0.1) is 22.7 Å². The first-order valence-electron chi connectivity index (χ1n) is 6.33. The molecule has 3 rings (SSSR count). The van der Waals surface area contributed by atoms with Crippen LogP contribution >= 0.6 is 45.9 Å². The third-order valence-electron chi connectivity index (χ3n) is 3.14. The number of thiophene rings is 2. The third-order valence-corrected chi connectivity index (χ3v) is 5.64. The van der Waals surface area contributed by atoms with Crippen molar-refractivity contribution in [3.05, 3.63) is 55.5 Å². The summed E-state index contributed by atoms with van der Waals surface area (Å²) in [6.07, 6.45) is 0.797. The molecule has 0 aliphatic rings. The standard InChI is InChI=1S/C15H11Cl2NOS2/c16-13-7-11(14(17)21-13)15(19)18-6-5-9-8-20-12-4-2-1-3-10(9)12/h1-4,7-8H,5-6H2,(H,18,19). The summed E-state index contributed by atoms with van der Waals surface area (Å²) in [6, 6.07) is 9.88. The van der Waals surface area contributed by atoms with Crippen molar-refractivity contribution in [2.45, 2.75) is 6.42 Å². The van der Waals surface area contributed by atoms with Gasteiger partial charge in [0, 0.05) is 11.2 Å². The summed E-state index contributed by atoms with van der Waals surface area (Å²) in [7, 11) is 0. The molecule has 3 aromatic rings. The van der Waals surface area contributed by atoms with E-state index in [0.717, 1.165) is 6.42 Å². The van der Waals surface area contributed by atoms with Gasteiger partial charge in [-0.05, 0) is 34.9 Å². The quantitative estimate of drug-likeness (QED) is 0.680. The van der Waals surface area contributed by atoms with Gasteiger partial charge in [0.15, 0.2) is 0 Å². The number of fused-ring (bicyclic) bond motifs is 1. The minimum atomic E-state index is -0.178. The number of amides is 1. The normalized spacial score (nSPS) is 11.0. The molecule has 2 aromatic heterocycles. The molecule has 0 fully saturated rings. The van der Waals surface area contributed by atoms with Crippen LogP contribution in [0.2, 0.25) is 8.67 Å². The molecule has 2 nitrogen and oxygen atoms in total.